The van der Waals surface area contributed by atoms with Gasteiger partial charge >= 0.3 is 5.97 Å². The molecular weight excluding hydrogens is 440 g/mol. The average Bonchev–Trinajstić information content (AvgIpc) is 3.24. The Labute approximate surface area is 187 Å². The number of aromatic nitrogens is 2. The number of rotatable bonds is 9. The monoisotopic (exact) mass is 466 g/mol. The molecule has 2 N–H and O–H groups in total. The fourth-order valence-corrected chi connectivity index (χ4v) is 4.48. The van der Waals surface area contributed by atoms with Crippen molar-refractivity contribution in [3.05, 3.63) is 22.7 Å². The highest BCUT2D eigenvalue weighted by atomic mass is 32.2. The van der Waals surface area contributed by atoms with E-state index in [0.717, 1.165) is 48.4 Å². The first-order valence-electron chi connectivity index (χ1n) is 10.2. The second-order valence-corrected chi connectivity index (χ2v) is 8.62. The summed E-state index contributed by atoms with van der Waals surface area (Å²) in [6.07, 6.45) is 3.67. The van der Waals surface area contributed by atoms with Crippen LogP contribution in [0.3, 0.4) is 0 Å². The molecule has 31 heavy (non-hydrogen) atoms. The normalized spacial score (nSPS) is 16.9. The van der Waals surface area contributed by atoms with Crippen LogP contribution in [0, 0.1) is 0 Å². The SMILES string of the molecule is CCCOC(=O)c1nnc(N=Nc2cc3c(cc2NS(=O)O)N(CC)C(CC)CC3)s1. The van der Waals surface area contributed by atoms with E-state index in [1.54, 1.807) is 0 Å². The molecule has 0 amide bonds. The maximum absolute atomic E-state index is 11.9. The molecule has 0 saturated carbocycles. The number of benzene rings is 1. The standard InChI is InChI=1S/C19H26N6O4S2/c1-4-9-29-18(26)17-21-23-19(30-17)22-20-14-10-12-7-8-13(5-2)25(6-3)16(12)11-15(14)24-31(27)28/h10-11,13,24H,4-9H2,1-3H3,(H,27,28). The highest BCUT2D eigenvalue weighted by Gasteiger charge is 2.25. The van der Waals surface area contributed by atoms with Crippen molar-refractivity contribution in [2.24, 2.45) is 10.2 Å². The highest BCUT2D eigenvalue weighted by molar-refractivity contribution is 7.80. The smallest absolute Gasteiger partial charge is 0.369 e. The Hall–Kier alpha value is -2.44. The van der Waals surface area contributed by atoms with Gasteiger partial charge in [0.05, 0.1) is 12.3 Å². The number of aryl methyl sites for hydroxylation is 1. The van der Waals surface area contributed by atoms with Gasteiger partial charge in [0, 0.05) is 18.3 Å². The number of carbonyl (C=O) groups excluding carboxylic acids is 1. The molecule has 1 aromatic heterocycles. The van der Waals surface area contributed by atoms with Crippen molar-refractivity contribution in [2.45, 2.75) is 52.5 Å². The summed E-state index contributed by atoms with van der Waals surface area (Å²) in [7, 11) is 0. The first kappa shape index (κ1) is 23.2. The van der Waals surface area contributed by atoms with Gasteiger partial charge in [-0.05, 0) is 50.3 Å². The Balaban J connectivity index is 1.89. The number of hydrogen-bond acceptors (Lipinski definition) is 9. The predicted octanol–water partition coefficient (Wildman–Crippen LogP) is 4.62. The molecule has 0 radical (unpaired) electrons. The van der Waals surface area contributed by atoms with Crippen LogP contribution in [0.25, 0.3) is 0 Å². The van der Waals surface area contributed by atoms with Crippen molar-refractivity contribution in [1.82, 2.24) is 10.2 Å². The van der Waals surface area contributed by atoms with Gasteiger partial charge in [0.1, 0.15) is 5.69 Å². The Morgan fingerprint density at radius 1 is 1.35 bits per heavy atom. The number of hydrogen-bond donors (Lipinski definition) is 2. The second kappa shape index (κ2) is 10.7. The third-order valence-corrected chi connectivity index (χ3v) is 6.15. The predicted molar refractivity (Wildman–Crippen MR) is 121 cm³/mol. The molecule has 2 unspecified atom stereocenters. The van der Waals surface area contributed by atoms with E-state index in [2.05, 4.69) is 43.9 Å². The maximum atomic E-state index is 11.9. The van der Waals surface area contributed by atoms with E-state index in [0.29, 0.717) is 30.4 Å². The lowest BCUT2D eigenvalue weighted by atomic mass is 9.93. The van der Waals surface area contributed by atoms with Crippen LogP contribution in [0.15, 0.2) is 22.4 Å². The number of ether oxygens (including phenoxy) is 1. The third-order valence-electron chi connectivity index (χ3n) is 4.97. The van der Waals surface area contributed by atoms with Gasteiger partial charge in [0.25, 0.3) is 16.4 Å². The zero-order valence-corrected chi connectivity index (χ0v) is 19.3. The lowest BCUT2D eigenvalue weighted by Crippen LogP contribution is -2.38. The summed E-state index contributed by atoms with van der Waals surface area (Å²) in [5.41, 5.74) is 2.95. The van der Waals surface area contributed by atoms with Crippen molar-refractivity contribution in [3.8, 4) is 0 Å². The van der Waals surface area contributed by atoms with Crippen molar-refractivity contribution >= 4 is 50.8 Å². The van der Waals surface area contributed by atoms with E-state index in [9.17, 15) is 13.6 Å². The van der Waals surface area contributed by atoms with Gasteiger partial charge in [-0.1, -0.05) is 25.2 Å². The molecule has 1 aliphatic rings. The molecule has 168 valence electrons. The third kappa shape index (κ3) is 5.63. The van der Waals surface area contributed by atoms with E-state index in [4.69, 9.17) is 4.74 Å². The van der Waals surface area contributed by atoms with Crippen molar-refractivity contribution in [3.63, 3.8) is 0 Å². The van der Waals surface area contributed by atoms with Gasteiger partial charge in [-0.25, -0.2) is 9.00 Å². The summed E-state index contributed by atoms with van der Waals surface area (Å²) < 4.78 is 28.4. The molecule has 0 aliphatic carbocycles. The second-order valence-electron chi connectivity index (χ2n) is 6.96. The van der Waals surface area contributed by atoms with Crippen LogP contribution in [0.1, 0.15) is 55.4 Å². The van der Waals surface area contributed by atoms with Gasteiger partial charge in [-0.15, -0.1) is 20.4 Å². The van der Waals surface area contributed by atoms with Crippen LogP contribution in [0.5, 0.6) is 0 Å². The molecule has 0 fully saturated rings. The lowest BCUT2D eigenvalue weighted by Gasteiger charge is -2.38. The van der Waals surface area contributed by atoms with Crippen LogP contribution in [0.2, 0.25) is 0 Å². The first-order valence-corrected chi connectivity index (χ1v) is 12.1. The largest absolute Gasteiger partial charge is 0.460 e. The van der Waals surface area contributed by atoms with E-state index < -0.39 is 17.2 Å². The summed E-state index contributed by atoms with van der Waals surface area (Å²) in [6.45, 7) is 7.32. The Bertz CT molecular complexity index is 980. The van der Waals surface area contributed by atoms with Gasteiger partial charge in [-0.3, -0.25) is 9.27 Å². The van der Waals surface area contributed by atoms with Crippen LogP contribution in [-0.2, 0) is 22.4 Å². The number of azo groups is 1. The first-order chi connectivity index (χ1) is 15.0. The summed E-state index contributed by atoms with van der Waals surface area (Å²) in [5, 5.41) is 16.2. The van der Waals surface area contributed by atoms with Gasteiger partial charge < -0.3 is 9.64 Å². The minimum absolute atomic E-state index is 0.104. The molecule has 1 aliphatic heterocycles. The quantitative estimate of drug-likeness (QED) is 0.313. The minimum atomic E-state index is -2.26. The van der Waals surface area contributed by atoms with Crippen molar-refractivity contribution in [1.29, 1.82) is 0 Å². The molecule has 12 heteroatoms. The molecule has 0 spiro atoms. The highest BCUT2D eigenvalue weighted by Crippen LogP contribution is 2.40. The van der Waals surface area contributed by atoms with Crippen LogP contribution in [-0.4, -0.2) is 44.1 Å². The number of esters is 1. The number of carbonyl (C=O) groups is 1. The lowest BCUT2D eigenvalue weighted by molar-refractivity contribution is 0.0503. The number of fused-ring (bicyclic) bond motifs is 1. The van der Waals surface area contributed by atoms with E-state index in [-0.39, 0.29) is 10.1 Å². The molecule has 0 saturated heterocycles. The molecule has 3 rings (SSSR count). The summed E-state index contributed by atoms with van der Waals surface area (Å²) >= 11 is -1.29. The zero-order valence-electron chi connectivity index (χ0n) is 17.7. The molecule has 1 aromatic carbocycles. The molecule has 10 nitrogen and oxygen atoms in total. The van der Waals surface area contributed by atoms with Crippen LogP contribution in [0.4, 0.5) is 22.2 Å². The molecule has 2 aromatic rings. The molecule has 0 bridgehead atoms. The van der Waals surface area contributed by atoms with Crippen LogP contribution >= 0.6 is 11.3 Å². The Morgan fingerprint density at radius 3 is 2.84 bits per heavy atom. The Kier molecular flexibility index (Phi) is 8.04. The topological polar surface area (TPSA) is 129 Å². The fourth-order valence-electron chi connectivity index (χ4n) is 3.57. The zero-order chi connectivity index (χ0) is 22.4. The van der Waals surface area contributed by atoms with Gasteiger partial charge in [-0.2, -0.15) is 0 Å². The number of nitrogens with zero attached hydrogens (tertiary/aromatic N) is 5. The van der Waals surface area contributed by atoms with Crippen molar-refractivity contribution in [2.75, 3.05) is 22.8 Å². The number of nitrogens with one attached hydrogen (secondary N) is 1. The minimum Gasteiger partial charge on any atom is -0.460 e. The molecular formula is C19H26N6O4S2. The van der Waals surface area contributed by atoms with E-state index in [1.165, 1.54) is 0 Å². The van der Waals surface area contributed by atoms with E-state index >= 15 is 0 Å². The summed E-state index contributed by atoms with van der Waals surface area (Å²) in [4.78, 5) is 14.2. The average molecular weight is 467 g/mol. The Morgan fingerprint density at radius 2 is 2.16 bits per heavy atom. The van der Waals surface area contributed by atoms with Crippen molar-refractivity contribution < 1.29 is 18.3 Å². The maximum Gasteiger partial charge on any atom is 0.369 e. The van der Waals surface area contributed by atoms with E-state index in [1.807, 2.05) is 19.1 Å². The van der Waals surface area contributed by atoms with Gasteiger partial charge in [0.2, 0.25) is 5.01 Å². The van der Waals surface area contributed by atoms with Crippen LogP contribution < -0.4 is 9.62 Å². The fraction of sp³-hybridized carbons (Fsp3) is 0.526. The summed E-state index contributed by atoms with van der Waals surface area (Å²) in [6, 6.07) is 4.15. The number of anilines is 2. The van der Waals surface area contributed by atoms with Gasteiger partial charge in [0.15, 0.2) is 0 Å². The molecule has 2 atom stereocenters. The summed E-state index contributed by atoms with van der Waals surface area (Å²) in [5.74, 6) is -0.544. The molecule has 2 heterocycles.